The number of nitrogens with zero attached hydrogens (tertiary/aromatic N) is 1. The van der Waals surface area contributed by atoms with Gasteiger partial charge in [-0.3, -0.25) is 9.59 Å². The number of amides is 2. The summed E-state index contributed by atoms with van der Waals surface area (Å²) in [5.74, 6) is -0.636. The Hall–Kier alpha value is -2.75. The van der Waals surface area contributed by atoms with Crippen LogP contribution in [0.5, 0.6) is 0 Å². The van der Waals surface area contributed by atoms with Crippen molar-refractivity contribution in [1.82, 2.24) is 14.9 Å². The first-order chi connectivity index (χ1) is 15.4. The van der Waals surface area contributed by atoms with Gasteiger partial charge >= 0.3 is 0 Å². The summed E-state index contributed by atoms with van der Waals surface area (Å²) in [6.07, 6.45) is 2.28. The lowest BCUT2D eigenvalue weighted by atomic mass is 10.0. The number of carbonyl (C=O) groups is 2. The Kier molecular flexibility index (Phi) is 6.88. The smallest absolute Gasteiger partial charge is 0.251 e. The summed E-state index contributed by atoms with van der Waals surface area (Å²) in [6.45, 7) is 1.35. The highest BCUT2D eigenvalue weighted by atomic mass is 32.2. The topological polar surface area (TPSA) is 105 Å². The van der Waals surface area contributed by atoms with E-state index in [1.807, 2.05) is 30.3 Å². The van der Waals surface area contributed by atoms with E-state index < -0.39 is 22.0 Å². The van der Waals surface area contributed by atoms with Crippen molar-refractivity contribution in [3.8, 4) is 0 Å². The number of benzene rings is 2. The average Bonchev–Trinajstić information content (AvgIpc) is 3.64. The molecule has 1 atom stereocenters. The fourth-order valence-electron chi connectivity index (χ4n) is 3.54. The van der Waals surface area contributed by atoms with Gasteiger partial charge in [0.1, 0.15) is 6.04 Å². The van der Waals surface area contributed by atoms with E-state index in [2.05, 4.69) is 10.6 Å². The maximum atomic E-state index is 12.8. The van der Waals surface area contributed by atoms with Crippen LogP contribution < -0.4 is 10.6 Å². The van der Waals surface area contributed by atoms with Gasteiger partial charge in [0.05, 0.1) is 18.1 Å². The lowest BCUT2D eigenvalue weighted by molar-refractivity contribution is -0.123. The van der Waals surface area contributed by atoms with Crippen LogP contribution in [0, 0.1) is 0 Å². The molecule has 4 rings (SSSR count). The molecule has 2 amide bonds. The average molecular weight is 458 g/mol. The summed E-state index contributed by atoms with van der Waals surface area (Å²) >= 11 is 0. The van der Waals surface area contributed by atoms with E-state index in [4.69, 9.17) is 4.74 Å². The van der Waals surface area contributed by atoms with Gasteiger partial charge in [-0.2, -0.15) is 4.31 Å². The third-order valence-electron chi connectivity index (χ3n) is 5.55. The highest BCUT2D eigenvalue weighted by molar-refractivity contribution is 7.89. The van der Waals surface area contributed by atoms with Gasteiger partial charge in [-0.05, 0) is 42.7 Å². The van der Waals surface area contributed by atoms with Crippen molar-refractivity contribution in [1.29, 1.82) is 0 Å². The van der Waals surface area contributed by atoms with Crippen LogP contribution in [0.1, 0.15) is 28.8 Å². The normalized spacial score (nSPS) is 18.0. The molecule has 1 unspecified atom stereocenters. The van der Waals surface area contributed by atoms with Crippen molar-refractivity contribution in [2.24, 2.45) is 0 Å². The zero-order valence-corrected chi connectivity index (χ0v) is 18.5. The first-order valence-electron chi connectivity index (χ1n) is 10.8. The van der Waals surface area contributed by atoms with Crippen LogP contribution in [-0.4, -0.2) is 62.9 Å². The van der Waals surface area contributed by atoms with E-state index in [1.165, 1.54) is 28.6 Å². The van der Waals surface area contributed by atoms with E-state index in [9.17, 15) is 18.0 Å². The minimum Gasteiger partial charge on any atom is -0.379 e. The number of ether oxygens (including phenoxy) is 1. The monoisotopic (exact) mass is 457 g/mol. The number of hydrogen-bond acceptors (Lipinski definition) is 5. The Balaban J connectivity index is 1.45. The van der Waals surface area contributed by atoms with Crippen molar-refractivity contribution in [2.45, 2.75) is 36.2 Å². The molecular weight excluding hydrogens is 430 g/mol. The molecule has 2 fully saturated rings. The quantitative estimate of drug-likeness (QED) is 0.622. The number of nitrogens with one attached hydrogen (secondary N) is 2. The van der Waals surface area contributed by atoms with Crippen LogP contribution >= 0.6 is 0 Å². The molecule has 1 aliphatic heterocycles. The second-order valence-electron chi connectivity index (χ2n) is 8.04. The molecule has 1 heterocycles. The van der Waals surface area contributed by atoms with Crippen molar-refractivity contribution < 1.29 is 22.7 Å². The fourth-order valence-corrected chi connectivity index (χ4v) is 4.95. The maximum Gasteiger partial charge on any atom is 0.251 e. The summed E-state index contributed by atoms with van der Waals surface area (Å²) in [5, 5.41) is 5.76. The number of morpholine rings is 1. The minimum atomic E-state index is -3.63. The first kappa shape index (κ1) is 22.4. The molecule has 0 spiro atoms. The van der Waals surface area contributed by atoms with E-state index in [0.717, 1.165) is 18.4 Å². The van der Waals surface area contributed by atoms with Gasteiger partial charge in [-0.1, -0.05) is 30.3 Å². The molecule has 1 saturated carbocycles. The fraction of sp³-hybridized carbons (Fsp3) is 0.391. The SMILES string of the molecule is O=C(NC(Cc1ccccc1)C(=O)NC1CC1)c1ccc(S(=O)(=O)N2CCOCC2)cc1. The minimum absolute atomic E-state index is 0.128. The van der Waals surface area contributed by atoms with Gasteiger partial charge in [-0.15, -0.1) is 0 Å². The third-order valence-corrected chi connectivity index (χ3v) is 7.47. The van der Waals surface area contributed by atoms with Gasteiger partial charge in [0.25, 0.3) is 5.91 Å². The van der Waals surface area contributed by atoms with Crippen molar-refractivity contribution >= 4 is 21.8 Å². The van der Waals surface area contributed by atoms with E-state index >= 15 is 0 Å². The van der Waals surface area contributed by atoms with Crippen molar-refractivity contribution in [3.05, 3.63) is 65.7 Å². The molecule has 1 saturated heterocycles. The molecule has 2 aromatic rings. The summed E-state index contributed by atoms with van der Waals surface area (Å²) in [6, 6.07) is 14.8. The van der Waals surface area contributed by atoms with Gasteiger partial charge in [0, 0.05) is 31.1 Å². The van der Waals surface area contributed by atoms with Crippen LogP contribution in [0.2, 0.25) is 0 Å². The van der Waals surface area contributed by atoms with E-state index in [1.54, 1.807) is 0 Å². The molecule has 8 nitrogen and oxygen atoms in total. The Morgan fingerprint density at radius 3 is 2.28 bits per heavy atom. The molecule has 2 aromatic carbocycles. The number of carbonyl (C=O) groups excluding carboxylic acids is 2. The highest BCUT2D eigenvalue weighted by Gasteiger charge is 2.29. The van der Waals surface area contributed by atoms with Crippen molar-refractivity contribution in [3.63, 3.8) is 0 Å². The summed E-state index contributed by atoms with van der Waals surface area (Å²) in [7, 11) is -3.63. The largest absolute Gasteiger partial charge is 0.379 e. The molecule has 0 aromatic heterocycles. The number of sulfonamides is 1. The van der Waals surface area contributed by atoms with E-state index in [-0.39, 0.29) is 16.8 Å². The van der Waals surface area contributed by atoms with Crippen LogP contribution in [0.15, 0.2) is 59.5 Å². The Morgan fingerprint density at radius 1 is 1.00 bits per heavy atom. The molecule has 0 bridgehead atoms. The number of hydrogen-bond donors (Lipinski definition) is 2. The molecule has 2 aliphatic rings. The van der Waals surface area contributed by atoms with Crippen LogP contribution in [-0.2, 0) is 26.0 Å². The number of rotatable bonds is 8. The molecule has 0 radical (unpaired) electrons. The summed E-state index contributed by atoms with van der Waals surface area (Å²) in [4.78, 5) is 25.7. The predicted octanol–water partition coefficient (Wildman–Crippen LogP) is 1.33. The van der Waals surface area contributed by atoms with Crippen molar-refractivity contribution in [2.75, 3.05) is 26.3 Å². The van der Waals surface area contributed by atoms with Crippen LogP contribution in [0.25, 0.3) is 0 Å². The van der Waals surface area contributed by atoms with Gasteiger partial charge < -0.3 is 15.4 Å². The third kappa shape index (κ3) is 5.53. The van der Waals surface area contributed by atoms with Crippen LogP contribution in [0.3, 0.4) is 0 Å². The molecule has 9 heteroatoms. The maximum absolute atomic E-state index is 12.8. The summed E-state index contributed by atoms with van der Waals surface area (Å²) < 4.78 is 32.1. The molecule has 2 N–H and O–H groups in total. The van der Waals surface area contributed by atoms with Crippen LogP contribution in [0.4, 0.5) is 0 Å². The van der Waals surface area contributed by atoms with Gasteiger partial charge in [0.15, 0.2) is 0 Å². The standard InChI is InChI=1S/C23H27N3O5S/c27-22(18-6-10-20(11-7-18)32(29,30)26-12-14-31-15-13-26)25-21(23(28)24-19-8-9-19)16-17-4-2-1-3-5-17/h1-7,10-11,19,21H,8-9,12-16H2,(H,24,28)(H,25,27). The molecule has 32 heavy (non-hydrogen) atoms. The lowest BCUT2D eigenvalue weighted by Gasteiger charge is -2.26. The first-order valence-corrected chi connectivity index (χ1v) is 12.2. The molecular formula is C23H27N3O5S. The zero-order chi connectivity index (χ0) is 22.6. The van der Waals surface area contributed by atoms with Gasteiger partial charge in [0.2, 0.25) is 15.9 Å². The second-order valence-corrected chi connectivity index (χ2v) is 9.98. The van der Waals surface area contributed by atoms with Gasteiger partial charge in [-0.25, -0.2) is 8.42 Å². The lowest BCUT2D eigenvalue weighted by Crippen LogP contribution is -2.48. The Labute approximate surface area is 188 Å². The van der Waals surface area contributed by atoms with E-state index in [0.29, 0.717) is 38.3 Å². The second kappa shape index (κ2) is 9.81. The highest BCUT2D eigenvalue weighted by Crippen LogP contribution is 2.20. The molecule has 170 valence electrons. The predicted molar refractivity (Wildman–Crippen MR) is 119 cm³/mol. The molecule has 1 aliphatic carbocycles. The zero-order valence-electron chi connectivity index (χ0n) is 17.7. The Morgan fingerprint density at radius 2 is 1.66 bits per heavy atom. The summed E-state index contributed by atoms with van der Waals surface area (Å²) in [5.41, 5.74) is 1.24. The Bertz CT molecular complexity index is 1050.